The Hall–Kier alpha value is -2.20. The first-order valence-electron chi connectivity index (χ1n) is 5.59. The molecule has 0 radical (unpaired) electrons. The fourth-order valence-electron chi connectivity index (χ4n) is 2.13. The topological polar surface area (TPSA) is 131 Å². The van der Waals surface area contributed by atoms with Gasteiger partial charge in [-0.3, -0.25) is 14.3 Å². The molecule has 1 saturated heterocycles. The van der Waals surface area contributed by atoms with Gasteiger partial charge in [0.2, 0.25) is 17.7 Å². The number of hydrogen-bond acceptors (Lipinski definition) is 7. The molecule has 9 nitrogen and oxygen atoms in total. The fourth-order valence-corrected chi connectivity index (χ4v) is 3.54. The summed E-state index contributed by atoms with van der Waals surface area (Å²) in [6.45, 7) is -0.306. The molecule has 10 heteroatoms. The molecule has 2 aliphatic rings. The van der Waals surface area contributed by atoms with Crippen LogP contribution in [-0.4, -0.2) is 48.7 Å². The lowest BCUT2D eigenvalue weighted by atomic mass is 10.00. The number of carbonyl (C=O) groups excluding carboxylic acids is 1. The van der Waals surface area contributed by atoms with E-state index in [1.165, 1.54) is 33.6 Å². The lowest BCUT2D eigenvalue weighted by molar-refractivity contribution is -0.151. The Labute approximate surface area is 116 Å². The van der Waals surface area contributed by atoms with Gasteiger partial charge < -0.3 is 20.7 Å². The second kappa shape index (κ2) is 4.42. The van der Waals surface area contributed by atoms with Crippen molar-refractivity contribution in [2.24, 2.45) is 5.92 Å². The lowest BCUT2D eigenvalue weighted by Crippen LogP contribution is -2.58. The maximum Gasteiger partial charge on any atom is 0.512 e. The van der Waals surface area contributed by atoms with Gasteiger partial charge >= 0.3 is 6.16 Å². The quantitative estimate of drug-likeness (QED) is 0.515. The van der Waals surface area contributed by atoms with E-state index < -0.39 is 17.4 Å². The number of rotatable bonds is 3. The zero-order valence-corrected chi connectivity index (χ0v) is 10.8. The van der Waals surface area contributed by atoms with Crippen LogP contribution >= 0.6 is 11.8 Å². The number of aromatic nitrogens is 2. The number of carboxylic acid groups (broad SMARTS) is 1. The highest BCUT2D eigenvalue weighted by Crippen LogP contribution is 2.51. The van der Waals surface area contributed by atoms with Crippen molar-refractivity contribution in [2.45, 2.75) is 5.37 Å². The number of nitrogen functional groups attached to an aromatic ring is 1. The van der Waals surface area contributed by atoms with Crippen LogP contribution in [0.15, 0.2) is 18.3 Å². The first-order valence-corrected chi connectivity index (χ1v) is 6.47. The standard InChI is InChI=1S/C10H10N4O5S/c11-9-12-1-2-13(9)8-6(19-10(17)18)14-5(16)4(3-15)7(14)20-8/h1-2,4,7,15H,3H2,(H2,11,12)(H,17,18)/t4-,7+/m0/s1. The van der Waals surface area contributed by atoms with Crippen molar-refractivity contribution < 1.29 is 24.5 Å². The highest BCUT2D eigenvalue weighted by Gasteiger charge is 2.56. The largest absolute Gasteiger partial charge is 0.512 e. The van der Waals surface area contributed by atoms with Crippen LogP contribution in [-0.2, 0) is 9.53 Å². The van der Waals surface area contributed by atoms with E-state index in [1.807, 2.05) is 0 Å². The Kier molecular flexibility index (Phi) is 2.83. The summed E-state index contributed by atoms with van der Waals surface area (Å²) in [4.78, 5) is 27.7. The van der Waals surface area contributed by atoms with Crippen LogP contribution in [0.1, 0.15) is 0 Å². The van der Waals surface area contributed by atoms with E-state index in [9.17, 15) is 9.59 Å². The van der Waals surface area contributed by atoms with Crippen molar-refractivity contribution in [2.75, 3.05) is 12.3 Å². The van der Waals surface area contributed by atoms with Gasteiger partial charge in [-0.25, -0.2) is 9.78 Å². The molecule has 2 atom stereocenters. The van der Waals surface area contributed by atoms with Crippen molar-refractivity contribution in [1.82, 2.24) is 14.5 Å². The number of carbonyl (C=O) groups is 2. The number of aliphatic hydroxyl groups is 1. The van der Waals surface area contributed by atoms with E-state index in [4.69, 9.17) is 20.7 Å². The molecule has 4 N–H and O–H groups in total. The molecular weight excluding hydrogens is 288 g/mol. The molecule has 1 amide bonds. The minimum absolute atomic E-state index is 0.105. The highest BCUT2D eigenvalue weighted by molar-refractivity contribution is 8.08. The van der Waals surface area contributed by atoms with Crippen LogP contribution in [0.4, 0.5) is 10.7 Å². The summed E-state index contributed by atoms with van der Waals surface area (Å²) < 4.78 is 6.13. The van der Waals surface area contributed by atoms with Crippen molar-refractivity contribution >= 4 is 34.8 Å². The maximum atomic E-state index is 11.9. The zero-order valence-electron chi connectivity index (χ0n) is 9.96. The second-order valence-electron chi connectivity index (χ2n) is 4.14. The third kappa shape index (κ3) is 1.65. The number of nitrogens with two attached hydrogens (primary N) is 1. The van der Waals surface area contributed by atoms with Gasteiger partial charge in [-0.05, 0) is 0 Å². The molecule has 1 aromatic rings. The van der Waals surface area contributed by atoms with Gasteiger partial charge in [0.15, 0.2) is 0 Å². The van der Waals surface area contributed by atoms with Crippen molar-refractivity contribution in [3.05, 3.63) is 18.3 Å². The monoisotopic (exact) mass is 298 g/mol. The number of aliphatic hydroxyl groups excluding tert-OH is 1. The fraction of sp³-hybridized carbons (Fsp3) is 0.300. The number of fused-ring (bicyclic) bond motifs is 1. The minimum Gasteiger partial charge on any atom is -0.449 e. The van der Waals surface area contributed by atoms with E-state index >= 15 is 0 Å². The van der Waals surface area contributed by atoms with Crippen LogP contribution in [0.25, 0.3) is 5.03 Å². The van der Waals surface area contributed by atoms with Crippen LogP contribution < -0.4 is 5.73 Å². The molecule has 20 heavy (non-hydrogen) atoms. The van der Waals surface area contributed by atoms with E-state index in [1.54, 1.807) is 0 Å². The molecule has 0 spiro atoms. The number of amides is 1. The summed E-state index contributed by atoms with van der Waals surface area (Å²) in [6, 6.07) is 0. The number of ether oxygens (including phenoxy) is 1. The lowest BCUT2D eigenvalue weighted by Gasteiger charge is -2.40. The molecule has 0 saturated carbocycles. The predicted octanol–water partition coefficient (Wildman–Crippen LogP) is -0.233. The Morgan fingerprint density at radius 3 is 2.90 bits per heavy atom. The number of hydrogen-bond donors (Lipinski definition) is 3. The van der Waals surface area contributed by atoms with Gasteiger partial charge in [0.1, 0.15) is 10.4 Å². The predicted molar refractivity (Wildman–Crippen MR) is 67.8 cm³/mol. The van der Waals surface area contributed by atoms with Gasteiger partial charge in [0.05, 0.1) is 12.5 Å². The Bertz CT molecular complexity index is 627. The Morgan fingerprint density at radius 1 is 1.60 bits per heavy atom. The molecular formula is C10H10N4O5S. The molecule has 0 bridgehead atoms. The second-order valence-corrected chi connectivity index (χ2v) is 5.24. The SMILES string of the molecule is Nc1nccn1C1=C(OC(=O)O)N2C(=O)[C@H](CO)[C@H]2S1. The van der Waals surface area contributed by atoms with Crippen molar-refractivity contribution in [1.29, 1.82) is 0 Å². The maximum absolute atomic E-state index is 11.9. The first-order chi connectivity index (χ1) is 9.54. The van der Waals surface area contributed by atoms with Gasteiger partial charge in [0, 0.05) is 12.4 Å². The summed E-state index contributed by atoms with van der Waals surface area (Å²) in [5.74, 6) is -0.911. The summed E-state index contributed by atoms with van der Waals surface area (Å²) in [5.41, 5.74) is 5.68. The van der Waals surface area contributed by atoms with Crippen LogP contribution in [0.2, 0.25) is 0 Å². The van der Waals surface area contributed by atoms with Gasteiger partial charge in [0.25, 0.3) is 0 Å². The van der Waals surface area contributed by atoms with Crippen LogP contribution in [0, 0.1) is 5.92 Å². The van der Waals surface area contributed by atoms with Crippen molar-refractivity contribution in [3.8, 4) is 0 Å². The van der Waals surface area contributed by atoms with E-state index in [0.717, 1.165) is 0 Å². The molecule has 1 fully saturated rings. The average Bonchev–Trinajstić information content (AvgIpc) is 2.91. The third-order valence-corrected chi connectivity index (χ3v) is 4.43. The summed E-state index contributed by atoms with van der Waals surface area (Å²) in [7, 11) is 0. The molecule has 0 aromatic carbocycles. The van der Waals surface area contributed by atoms with E-state index in [-0.39, 0.29) is 24.3 Å². The van der Waals surface area contributed by atoms with Gasteiger partial charge in [-0.15, -0.1) is 0 Å². The summed E-state index contributed by atoms with van der Waals surface area (Å²) >= 11 is 1.20. The van der Waals surface area contributed by atoms with Gasteiger partial charge in [-0.1, -0.05) is 11.8 Å². The number of nitrogens with zero attached hydrogens (tertiary/aromatic N) is 3. The first kappa shape index (κ1) is 12.8. The highest BCUT2D eigenvalue weighted by atomic mass is 32.2. The van der Waals surface area contributed by atoms with Crippen LogP contribution in [0.3, 0.4) is 0 Å². The minimum atomic E-state index is -1.53. The number of β-lactam (4-membered cyclic amide) rings is 1. The molecule has 0 unspecified atom stereocenters. The molecule has 3 rings (SSSR count). The van der Waals surface area contributed by atoms with E-state index in [0.29, 0.717) is 5.03 Å². The third-order valence-electron chi connectivity index (χ3n) is 3.06. The van der Waals surface area contributed by atoms with Crippen LogP contribution in [0.5, 0.6) is 0 Å². The van der Waals surface area contributed by atoms with E-state index in [2.05, 4.69) is 4.98 Å². The summed E-state index contributed by atoms with van der Waals surface area (Å²) in [6.07, 6.45) is 1.45. The average molecular weight is 298 g/mol. The Balaban J connectivity index is 2.02. The normalized spacial score (nSPS) is 24.6. The molecule has 3 heterocycles. The molecule has 1 aromatic heterocycles. The van der Waals surface area contributed by atoms with Crippen molar-refractivity contribution in [3.63, 3.8) is 0 Å². The molecule has 0 aliphatic carbocycles. The molecule has 2 aliphatic heterocycles. The number of thioether (sulfide) groups is 1. The molecule has 106 valence electrons. The summed E-state index contributed by atoms with van der Waals surface area (Å²) in [5, 5.41) is 17.9. The number of anilines is 1. The number of imidazole rings is 1. The van der Waals surface area contributed by atoms with Gasteiger partial charge in [-0.2, -0.15) is 0 Å². The Morgan fingerprint density at radius 2 is 2.35 bits per heavy atom. The zero-order chi connectivity index (χ0) is 14.4. The smallest absolute Gasteiger partial charge is 0.449 e.